The summed E-state index contributed by atoms with van der Waals surface area (Å²) in [6.07, 6.45) is 3.60. The fraction of sp³-hybridized carbons (Fsp3) is 0.900. The fourth-order valence-corrected chi connectivity index (χ4v) is 2.57. The van der Waals surface area contributed by atoms with E-state index in [9.17, 15) is 4.79 Å². The van der Waals surface area contributed by atoms with Gasteiger partial charge in [-0.15, -0.1) is 0 Å². The Labute approximate surface area is 73.7 Å². The van der Waals surface area contributed by atoms with E-state index in [1.165, 1.54) is 12.8 Å². The Bertz CT molecular complexity index is 200. The van der Waals surface area contributed by atoms with E-state index in [2.05, 4.69) is 5.32 Å². The molecule has 0 spiro atoms. The number of carbonyl (C=O) groups excluding carboxylic acids is 1. The lowest BCUT2D eigenvalue weighted by molar-refractivity contribution is -0.126. The Kier molecular flexibility index (Phi) is 1.95. The van der Waals surface area contributed by atoms with Crippen LogP contribution in [0.1, 0.15) is 33.1 Å². The molecule has 1 N–H and O–H groups in total. The van der Waals surface area contributed by atoms with Gasteiger partial charge in [0.2, 0.25) is 0 Å². The molecule has 3 unspecified atom stereocenters. The van der Waals surface area contributed by atoms with Crippen LogP contribution in [0.4, 0.5) is 0 Å². The number of rotatable bonds is 2. The van der Waals surface area contributed by atoms with Gasteiger partial charge in [0.1, 0.15) is 5.78 Å². The van der Waals surface area contributed by atoms with Gasteiger partial charge in [0, 0.05) is 23.9 Å². The average molecular weight is 167 g/mol. The van der Waals surface area contributed by atoms with Crippen LogP contribution >= 0.6 is 0 Å². The average Bonchev–Trinajstić information content (AvgIpc) is 2.62. The molecule has 2 bridgehead atoms. The quantitative estimate of drug-likeness (QED) is 0.672. The summed E-state index contributed by atoms with van der Waals surface area (Å²) in [5.74, 6) is 1.02. The molecule has 2 saturated heterocycles. The minimum atomic E-state index is 0.219. The lowest BCUT2D eigenvalue weighted by Crippen LogP contribution is -2.31. The second kappa shape index (κ2) is 2.84. The largest absolute Gasteiger partial charge is 0.310 e. The minimum Gasteiger partial charge on any atom is -0.310 e. The lowest BCUT2D eigenvalue weighted by atomic mass is 9.82. The number of Topliss-reactive ketones (excluding diaryl/α,β-unsaturated/α-hetero) is 1. The number of fused-ring (bicyclic) bond motifs is 2. The Morgan fingerprint density at radius 3 is 2.58 bits per heavy atom. The first-order chi connectivity index (χ1) is 5.68. The van der Waals surface area contributed by atoms with Crippen LogP contribution in [0.15, 0.2) is 0 Å². The first-order valence-corrected chi connectivity index (χ1v) is 4.98. The zero-order valence-electron chi connectivity index (χ0n) is 7.84. The van der Waals surface area contributed by atoms with Crippen LogP contribution in [0.3, 0.4) is 0 Å². The van der Waals surface area contributed by atoms with Gasteiger partial charge in [-0.05, 0) is 19.3 Å². The summed E-state index contributed by atoms with van der Waals surface area (Å²) in [6, 6.07) is 1.17. The predicted molar refractivity (Wildman–Crippen MR) is 47.9 cm³/mol. The summed E-state index contributed by atoms with van der Waals surface area (Å²) in [5.41, 5.74) is 0. The van der Waals surface area contributed by atoms with E-state index in [1.807, 2.05) is 13.8 Å². The molecule has 0 aromatic rings. The molecule has 0 aliphatic carbocycles. The normalized spacial score (nSPS) is 39.4. The molecule has 2 rings (SSSR count). The number of carbonyl (C=O) groups is 1. The van der Waals surface area contributed by atoms with Gasteiger partial charge in [0.25, 0.3) is 0 Å². The van der Waals surface area contributed by atoms with Crippen LogP contribution in [0, 0.1) is 11.8 Å². The van der Waals surface area contributed by atoms with Gasteiger partial charge in [-0.25, -0.2) is 0 Å². The minimum absolute atomic E-state index is 0.219. The Morgan fingerprint density at radius 2 is 2.17 bits per heavy atom. The highest BCUT2D eigenvalue weighted by Gasteiger charge is 2.42. The maximum atomic E-state index is 11.7. The van der Waals surface area contributed by atoms with Gasteiger partial charge in [-0.3, -0.25) is 4.79 Å². The highest BCUT2D eigenvalue weighted by atomic mass is 16.1. The van der Waals surface area contributed by atoms with Gasteiger partial charge in [0.05, 0.1) is 0 Å². The van der Waals surface area contributed by atoms with E-state index in [-0.39, 0.29) is 5.92 Å². The van der Waals surface area contributed by atoms with Crippen molar-refractivity contribution < 1.29 is 4.79 Å². The summed E-state index contributed by atoms with van der Waals surface area (Å²) < 4.78 is 0. The molecule has 2 nitrogen and oxygen atoms in total. The van der Waals surface area contributed by atoms with Crippen molar-refractivity contribution in [2.75, 3.05) is 0 Å². The maximum absolute atomic E-state index is 11.7. The van der Waals surface area contributed by atoms with Crippen molar-refractivity contribution in [1.82, 2.24) is 5.32 Å². The molecule has 2 aliphatic heterocycles. The molecule has 2 aliphatic rings. The van der Waals surface area contributed by atoms with Gasteiger partial charge in [-0.1, -0.05) is 13.8 Å². The highest BCUT2D eigenvalue weighted by molar-refractivity contribution is 5.84. The molecule has 12 heavy (non-hydrogen) atoms. The van der Waals surface area contributed by atoms with E-state index < -0.39 is 0 Å². The molecule has 2 heterocycles. The Balaban J connectivity index is 2.02. The van der Waals surface area contributed by atoms with E-state index in [4.69, 9.17) is 0 Å². The highest BCUT2D eigenvalue weighted by Crippen LogP contribution is 2.34. The predicted octanol–water partition coefficient (Wildman–Crippen LogP) is 1.35. The summed E-state index contributed by atoms with van der Waals surface area (Å²) >= 11 is 0. The molecule has 0 aromatic heterocycles. The SMILES string of the molecule is CC(C)C(=O)C1CC2CCC1N2. The summed E-state index contributed by atoms with van der Waals surface area (Å²) in [6.45, 7) is 4.02. The van der Waals surface area contributed by atoms with Crippen molar-refractivity contribution in [1.29, 1.82) is 0 Å². The smallest absolute Gasteiger partial charge is 0.140 e. The molecule has 0 radical (unpaired) electrons. The standard InChI is InChI=1S/C10H17NO/c1-6(2)10(12)8-5-7-3-4-9(8)11-7/h6-9,11H,3-5H2,1-2H3. The van der Waals surface area contributed by atoms with Crippen molar-refractivity contribution in [2.24, 2.45) is 11.8 Å². The second-order valence-electron chi connectivity index (χ2n) is 4.45. The van der Waals surface area contributed by atoms with E-state index in [1.54, 1.807) is 0 Å². The molecular formula is C10H17NO. The van der Waals surface area contributed by atoms with Crippen molar-refractivity contribution in [2.45, 2.75) is 45.2 Å². The zero-order valence-corrected chi connectivity index (χ0v) is 7.84. The van der Waals surface area contributed by atoms with Gasteiger partial charge in [-0.2, -0.15) is 0 Å². The Hall–Kier alpha value is -0.370. The molecule has 0 saturated carbocycles. The third-order valence-corrected chi connectivity index (χ3v) is 3.23. The van der Waals surface area contributed by atoms with E-state index >= 15 is 0 Å². The van der Waals surface area contributed by atoms with E-state index in [0.717, 1.165) is 6.42 Å². The maximum Gasteiger partial charge on any atom is 0.140 e. The monoisotopic (exact) mass is 167 g/mol. The third kappa shape index (κ3) is 1.18. The van der Waals surface area contributed by atoms with Crippen molar-refractivity contribution in [3.63, 3.8) is 0 Å². The topological polar surface area (TPSA) is 29.1 Å². The number of nitrogens with one attached hydrogen (secondary N) is 1. The van der Waals surface area contributed by atoms with Crippen LogP contribution in [-0.2, 0) is 4.79 Å². The molecule has 68 valence electrons. The second-order valence-corrected chi connectivity index (χ2v) is 4.45. The van der Waals surface area contributed by atoms with Crippen LogP contribution < -0.4 is 5.32 Å². The van der Waals surface area contributed by atoms with Crippen molar-refractivity contribution in [3.8, 4) is 0 Å². The lowest BCUT2D eigenvalue weighted by Gasteiger charge is -2.20. The van der Waals surface area contributed by atoms with Gasteiger partial charge < -0.3 is 5.32 Å². The van der Waals surface area contributed by atoms with Crippen LogP contribution in [-0.4, -0.2) is 17.9 Å². The molecule has 3 atom stereocenters. The van der Waals surface area contributed by atoms with Crippen molar-refractivity contribution >= 4 is 5.78 Å². The van der Waals surface area contributed by atoms with Crippen LogP contribution in [0.25, 0.3) is 0 Å². The summed E-state index contributed by atoms with van der Waals surface area (Å²) in [7, 11) is 0. The first-order valence-electron chi connectivity index (χ1n) is 4.98. The summed E-state index contributed by atoms with van der Waals surface area (Å²) in [4.78, 5) is 11.7. The zero-order chi connectivity index (χ0) is 8.72. The molecule has 0 amide bonds. The summed E-state index contributed by atoms with van der Waals surface area (Å²) in [5, 5.41) is 3.49. The van der Waals surface area contributed by atoms with Crippen molar-refractivity contribution in [3.05, 3.63) is 0 Å². The molecule has 2 fully saturated rings. The van der Waals surface area contributed by atoms with Gasteiger partial charge in [0.15, 0.2) is 0 Å². The number of ketones is 1. The number of hydrogen-bond donors (Lipinski definition) is 1. The Morgan fingerprint density at radius 1 is 1.42 bits per heavy atom. The molecule has 0 aromatic carbocycles. The molecule has 2 heteroatoms. The molecular weight excluding hydrogens is 150 g/mol. The number of hydrogen-bond acceptors (Lipinski definition) is 2. The van der Waals surface area contributed by atoms with Crippen LogP contribution in [0.2, 0.25) is 0 Å². The third-order valence-electron chi connectivity index (χ3n) is 3.23. The first kappa shape index (κ1) is 8.24. The fourth-order valence-electron chi connectivity index (χ4n) is 2.57. The van der Waals surface area contributed by atoms with Gasteiger partial charge >= 0.3 is 0 Å². The van der Waals surface area contributed by atoms with E-state index in [0.29, 0.717) is 23.8 Å². The van der Waals surface area contributed by atoms with Crippen LogP contribution in [0.5, 0.6) is 0 Å².